The van der Waals surface area contributed by atoms with E-state index in [9.17, 15) is 4.79 Å². The smallest absolute Gasteiger partial charge is 0.412 e. The third-order valence-electron chi connectivity index (χ3n) is 3.90. The Bertz CT molecular complexity index is 589. The summed E-state index contributed by atoms with van der Waals surface area (Å²) in [4.78, 5) is 12.1. The zero-order valence-corrected chi connectivity index (χ0v) is 14.7. The molecular formula is C17H26N2O4. The monoisotopic (exact) mass is 322 g/mol. The summed E-state index contributed by atoms with van der Waals surface area (Å²) in [6, 6.07) is 3.69. The van der Waals surface area contributed by atoms with E-state index in [-0.39, 0.29) is 5.54 Å². The van der Waals surface area contributed by atoms with Crippen LogP contribution in [-0.4, -0.2) is 33.0 Å². The second kappa shape index (κ2) is 6.28. The highest BCUT2D eigenvalue weighted by Crippen LogP contribution is 2.50. The van der Waals surface area contributed by atoms with Gasteiger partial charge in [0.15, 0.2) is 11.5 Å². The van der Waals surface area contributed by atoms with Gasteiger partial charge in [-0.2, -0.15) is 0 Å². The number of carbonyl (C=O) groups is 1. The van der Waals surface area contributed by atoms with Crippen LogP contribution in [0.1, 0.15) is 39.2 Å². The number of benzene rings is 1. The largest absolute Gasteiger partial charge is 0.493 e. The van der Waals surface area contributed by atoms with Gasteiger partial charge in [-0.15, -0.1) is 0 Å². The average molecular weight is 322 g/mol. The predicted octanol–water partition coefficient (Wildman–Crippen LogP) is 3.26. The summed E-state index contributed by atoms with van der Waals surface area (Å²) in [5.74, 6) is 1.20. The fourth-order valence-electron chi connectivity index (χ4n) is 2.57. The Morgan fingerprint density at radius 2 is 1.70 bits per heavy atom. The summed E-state index contributed by atoms with van der Waals surface area (Å²) in [5, 5.41) is 6.17. The average Bonchev–Trinajstić information content (AvgIpc) is 3.25. The van der Waals surface area contributed by atoms with Crippen molar-refractivity contribution in [2.75, 3.05) is 26.6 Å². The van der Waals surface area contributed by atoms with Crippen molar-refractivity contribution in [3.63, 3.8) is 0 Å². The normalized spacial score (nSPS) is 15.7. The fraction of sp³-hybridized carbons (Fsp3) is 0.588. The highest BCUT2D eigenvalue weighted by molar-refractivity contribution is 5.87. The second-order valence-electron chi connectivity index (χ2n) is 6.71. The summed E-state index contributed by atoms with van der Waals surface area (Å²) in [5.41, 5.74) is 0.956. The van der Waals surface area contributed by atoms with Gasteiger partial charge in [0.05, 0.1) is 19.9 Å². The third kappa shape index (κ3) is 3.88. The van der Waals surface area contributed by atoms with Crippen LogP contribution in [0.15, 0.2) is 12.1 Å². The van der Waals surface area contributed by atoms with Crippen LogP contribution in [0.2, 0.25) is 0 Å². The zero-order chi connectivity index (χ0) is 17.3. The molecule has 1 amide bonds. The van der Waals surface area contributed by atoms with Gasteiger partial charge >= 0.3 is 6.09 Å². The third-order valence-corrected chi connectivity index (χ3v) is 3.90. The van der Waals surface area contributed by atoms with E-state index in [1.54, 1.807) is 20.3 Å². The molecule has 1 aliphatic rings. The summed E-state index contributed by atoms with van der Waals surface area (Å²) in [6.45, 7) is 5.49. The van der Waals surface area contributed by atoms with Crippen LogP contribution >= 0.6 is 0 Å². The van der Waals surface area contributed by atoms with E-state index in [4.69, 9.17) is 14.2 Å². The number of carbonyl (C=O) groups excluding carboxylic acids is 1. The Kier molecular flexibility index (Phi) is 4.75. The number of nitrogens with one attached hydrogen (secondary N) is 2. The molecule has 0 heterocycles. The van der Waals surface area contributed by atoms with E-state index in [0.29, 0.717) is 17.2 Å². The molecule has 0 aliphatic heterocycles. The molecule has 0 spiro atoms. The molecule has 128 valence electrons. The second-order valence-corrected chi connectivity index (χ2v) is 6.71. The quantitative estimate of drug-likeness (QED) is 0.871. The van der Waals surface area contributed by atoms with Crippen LogP contribution < -0.4 is 20.1 Å². The van der Waals surface area contributed by atoms with Gasteiger partial charge < -0.3 is 19.5 Å². The molecule has 2 N–H and O–H groups in total. The van der Waals surface area contributed by atoms with Crippen LogP contribution in [0.3, 0.4) is 0 Å². The lowest BCUT2D eigenvalue weighted by molar-refractivity contribution is 0.0635. The standard InChI is InChI=1S/C17H26N2O4/c1-16(2,3)23-15(20)19-12-10-14(22-6)13(21-5)9-11(12)17(18-4)7-8-17/h9-10,18H,7-8H2,1-6H3,(H,19,20). The van der Waals surface area contributed by atoms with Crippen molar-refractivity contribution in [2.24, 2.45) is 0 Å². The first-order chi connectivity index (χ1) is 10.7. The molecule has 0 unspecified atom stereocenters. The number of hydrogen-bond acceptors (Lipinski definition) is 5. The summed E-state index contributed by atoms with van der Waals surface area (Å²) in [7, 11) is 5.09. The molecule has 1 saturated carbocycles. The molecule has 0 atom stereocenters. The number of rotatable bonds is 5. The lowest BCUT2D eigenvalue weighted by Crippen LogP contribution is -2.30. The van der Waals surface area contributed by atoms with E-state index < -0.39 is 11.7 Å². The number of amides is 1. The minimum absolute atomic E-state index is 0.135. The van der Waals surface area contributed by atoms with E-state index in [2.05, 4.69) is 10.6 Å². The maximum atomic E-state index is 12.1. The van der Waals surface area contributed by atoms with Gasteiger partial charge in [0, 0.05) is 11.6 Å². The summed E-state index contributed by atoms with van der Waals surface area (Å²) in [6.07, 6.45) is 1.52. The molecule has 6 heteroatoms. The molecule has 1 fully saturated rings. The van der Waals surface area contributed by atoms with Crippen LogP contribution in [0, 0.1) is 0 Å². The van der Waals surface area contributed by atoms with Crippen molar-refractivity contribution in [2.45, 2.75) is 44.8 Å². The minimum atomic E-state index is -0.554. The first-order valence-electron chi connectivity index (χ1n) is 7.70. The van der Waals surface area contributed by atoms with E-state index in [1.165, 1.54) is 0 Å². The first kappa shape index (κ1) is 17.4. The zero-order valence-electron chi connectivity index (χ0n) is 14.7. The minimum Gasteiger partial charge on any atom is -0.493 e. The van der Waals surface area contributed by atoms with Crippen molar-refractivity contribution in [3.05, 3.63) is 17.7 Å². The molecule has 23 heavy (non-hydrogen) atoms. The van der Waals surface area contributed by atoms with Crippen LogP contribution in [0.25, 0.3) is 0 Å². The molecule has 0 aromatic heterocycles. The Morgan fingerprint density at radius 3 is 2.13 bits per heavy atom. The Labute approximate surface area is 137 Å². The molecule has 2 rings (SSSR count). The number of methoxy groups -OCH3 is 2. The molecule has 1 aliphatic carbocycles. The van der Waals surface area contributed by atoms with Crippen molar-refractivity contribution in [3.8, 4) is 11.5 Å². The van der Waals surface area contributed by atoms with Crippen molar-refractivity contribution < 1.29 is 19.0 Å². The summed E-state index contributed by atoms with van der Waals surface area (Å²) >= 11 is 0. The van der Waals surface area contributed by atoms with Crippen LogP contribution in [0.4, 0.5) is 10.5 Å². The van der Waals surface area contributed by atoms with Gasteiger partial charge in [-0.05, 0) is 52.3 Å². The van der Waals surface area contributed by atoms with Gasteiger partial charge in [-0.25, -0.2) is 4.79 Å². The number of ether oxygens (including phenoxy) is 3. The van der Waals surface area contributed by atoms with Crippen molar-refractivity contribution in [1.29, 1.82) is 0 Å². The van der Waals surface area contributed by atoms with Gasteiger partial charge in [0.25, 0.3) is 0 Å². The van der Waals surface area contributed by atoms with Crippen LogP contribution in [0.5, 0.6) is 11.5 Å². The first-order valence-corrected chi connectivity index (χ1v) is 7.70. The van der Waals surface area contributed by atoms with E-state index in [0.717, 1.165) is 18.4 Å². The fourth-order valence-corrected chi connectivity index (χ4v) is 2.57. The molecule has 0 bridgehead atoms. The molecule has 6 nitrogen and oxygen atoms in total. The van der Waals surface area contributed by atoms with E-state index >= 15 is 0 Å². The van der Waals surface area contributed by atoms with Gasteiger partial charge in [-0.1, -0.05) is 0 Å². The SMILES string of the molecule is CNC1(c2cc(OC)c(OC)cc2NC(=O)OC(C)(C)C)CC1. The molecule has 0 saturated heterocycles. The van der Waals surface area contributed by atoms with E-state index in [1.807, 2.05) is 33.9 Å². The Morgan fingerprint density at radius 1 is 1.13 bits per heavy atom. The van der Waals surface area contributed by atoms with Gasteiger partial charge in [-0.3, -0.25) is 5.32 Å². The lowest BCUT2D eigenvalue weighted by Gasteiger charge is -2.24. The highest BCUT2D eigenvalue weighted by atomic mass is 16.6. The number of hydrogen-bond donors (Lipinski definition) is 2. The molecule has 1 aromatic carbocycles. The highest BCUT2D eigenvalue weighted by Gasteiger charge is 2.45. The molecule has 0 radical (unpaired) electrons. The predicted molar refractivity (Wildman–Crippen MR) is 89.4 cm³/mol. The molecule has 1 aromatic rings. The Hall–Kier alpha value is -1.95. The maximum Gasteiger partial charge on any atom is 0.412 e. The molecular weight excluding hydrogens is 296 g/mol. The van der Waals surface area contributed by atoms with Crippen molar-refractivity contribution in [1.82, 2.24) is 5.32 Å². The van der Waals surface area contributed by atoms with Gasteiger partial charge in [0.1, 0.15) is 5.60 Å². The maximum absolute atomic E-state index is 12.1. The van der Waals surface area contributed by atoms with Gasteiger partial charge in [0.2, 0.25) is 0 Å². The topological polar surface area (TPSA) is 68.8 Å². The Balaban J connectivity index is 2.38. The number of anilines is 1. The van der Waals surface area contributed by atoms with Crippen molar-refractivity contribution >= 4 is 11.8 Å². The van der Waals surface area contributed by atoms with Crippen LogP contribution in [-0.2, 0) is 10.3 Å². The summed E-state index contributed by atoms with van der Waals surface area (Å²) < 4.78 is 16.1. The lowest BCUT2D eigenvalue weighted by atomic mass is 10.0.